The Hall–Kier alpha value is -2.38. The van der Waals surface area contributed by atoms with Crippen LogP contribution < -0.4 is 0 Å². The fourth-order valence-corrected chi connectivity index (χ4v) is 3.42. The Morgan fingerprint density at radius 3 is 2.27 bits per heavy atom. The Balaban J connectivity index is 1.66. The van der Waals surface area contributed by atoms with Crippen molar-refractivity contribution in [3.63, 3.8) is 0 Å². The van der Waals surface area contributed by atoms with Crippen molar-refractivity contribution in [3.8, 4) is 0 Å². The summed E-state index contributed by atoms with van der Waals surface area (Å²) in [6.45, 7) is 2.24. The molecule has 118 valence electrons. The maximum Gasteiger partial charge on any atom is 0.312 e. The van der Waals surface area contributed by atoms with E-state index in [4.69, 9.17) is 0 Å². The third-order valence-corrected chi connectivity index (χ3v) is 4.80. The molecule has 0 unspecified atom stereocenters. The van der Waals surface area contributed by atoms with Crippen molar-refractivity contribution >= 4 is 17.8 Å². The predicted octanol–water partition coefficient (Wildman–Crippen LogP) is -0.0305. The third kappa shape index (κ3) is 1.90. The van der Waals surface area contributed by atoms with Crippen molar-refractivity contribution in [2.75, 3.05) is 13.1 Å². The van der Waals surface area contributed by atoms with Gasteiger partial charge in [0.05, 0.1) is 6.20 Å². The van der Waals surface area contributed by atoms with Gasteiger partial charge in [-0.05, 0) is 18.9 Å². The SMILES string of the molecule is Cc1cnn(CCC(=O)N2C[C@@]3(C(=O)O)C[C@@]3(C(=O)O)C2)c1. The molecule has 2 heterocycles. The van der Waals surface area contributed by atoms with Gasteiger partial charge in [0.1, 0.15) is 10.8 Å². The van der Waals surface area contributed by atoms with Crippen molar-refractivity contribution in [1.82, 2.24) is 14.7 Å². The van der Waals surface area contributed by atoms with E-state index < -0.39 is 22.8 Å². The van der Waals surface area contributed by atoms with Gasteiger partial charge in [-0.2, -0.15) is 5.10 Å². The average molecular weight is 307 g/mol. The zero-order valence-corrected chi connectivity index (χ0v) is 12.2. The molecule has 1 aliphatic heterocycles. The number of amides is 1. The summed E-state index contributed by atoms with van der Waals surface area (Å²) in [5.41, 5.74) is -1.63. The first-order chi connectivity index (χ1) is 10.3. The van der Waals surface area contributed by atoms with Gasteiger partial charge in [0.2, 0.25) is 5.91 Å². The van der Waals surface area contributed by atoms with Gasteiger partial charge in [-0.15, -0.1) is 0 Å². The number of carboxylic acid groups (broad SMARTS) is 2. The second-order valence-corrected chi connectivity index (χ2v) is 6.23. The molecule has 1 saturated heterocycles. The number of aromatic nitrogens is 2. The number of carboxylic acids is 2. The van der Waals surface area contributed by atoms with Gasteiger partial charge in [0, 0.05) is 32.3 Å². The van der Waals surface area contributed by atoms with E-state index >= 15 is 0 Å². The highest BCUT2D eigenvalue weighted by Gasteiger charge is 2.81. The Kier molecular flexibility index (Phi) is 3.01. The Labute approximate surface area is 126 Å². The Bertz CT molecular complexity index is 641. The summed E-state index contributed by atoms with van der Waals surface area (Å²) in [7, 11) is 0. The highest BCUT2D eigenvalue weighted by molar-refractivity contribution is 5.96. The van der Waals surface area contributed by atoms with Crippen LogP contribution in [0.25, 0.3) is 0 Å². The smallest absolute Gasteiger partial charge is 0.312 e. The van der Waals surface area contributed by atoms with E-state index in [0.29, 0.717) is 6.54 Å². The molecule has 0 aromatic carbocycles. The summed E-state index contributed by atoms with van der Waals surface area (Å²) in [5.74, 6) is -2.50. The standard InChI is InChI=1S/C14H17N3O5/c1-9-4-15-17(5-9)3-2-10(18)16-7-13(11(19)20)6-14(13,8-16)12(21)22/h4-5H,2-3,6-8H2,1H3,(H,19,20)(H,21,22)/t13-,14+. The lowest BCUT2D eigenvalue weighted by atomic mass is 9.97. The van der Waals surface area contributed by atoms with E-state index in [2.05, 4.69) is 5.10 Å². The third-order valence-electron chi connectivity index (χ3n) is 4.80. The largest absolute Gasteiger partial charge is 0.481 e. The first-order valence-corrected chi connectivity index (χ1v) is 7.04. The van der Waals surface area contributed by atoms with Crippen LogP contribution in [0.15, 0.2) is 12.4 Å². The molecule has 2 atom stereocenters. The number of piperidine rings is 1. The molecule has 2 fully saturated rings. The van der Waals surface area contributed by atoms with Crippen LogP contribution in [0.4, 0.5) is 0 Å². The first-order valence-electron chi connectivity index (χ1n) is 7.04. The van der Waals surface area contributed by atoms with Gasteiger partial charge in [0.25, 0.3) is 0 Å². The number of fused-ring (bicyclic) bond motifs is 1. The van der Waals surface area contributed by atoms with Gasteiger partial charge < -0.3 is 15.1 Å². The zero-order valence-electron chi connectivity index (χ0n) is 12.2. The number of likely N-dealkylation sites (tertiary alicyclic amines) is 1. The quantitative estimate of drug-likeness (QED) is 0.790. The van der Waals surface area contributed by atoms with Crippen LogP contribution in [-0.4, -0.2) is 55.8 Å². The average Bonchev–Trinajstić information content (AvgIpc) is 2.78. The maximum absolute atomic E-state index is 12.2. The van der Waals surface area contributed by atoms with Crippen molar-refractivity contribution in [1.29, 1.82) is 0 Å². The maximum atomic E-state index is 12.2. The number of hydrogen-bond acceptors (Lipinski definition) is 4. The normalized spacial score (nSPS) is 29.2. The van der Waals surface area contributed by atoms with Crippen LogP contribution in [0.1, 0.15) is 18.4 Å². The number of hydrogen-bond donors (Lipinski definition) is 2. The molecular weight excluding hydrogens is 290 g/mol. The molecular formula is C14H17N3O5. The molecule has 0 spiro atoms. The van der Waals surface area contributed by atoms with E-state index in [0.717, 1.165) is 5.56 Å². The van der Waals surface area contributed by atoms with Crippen molar-refractivity contribution < 1.29 is 24.6 Å². The zero-order chi connectivity index (χ0) is 16.1. The minimum Gasteiger partial charge on any atom is -0.481 e. The number of nitrogens with zero attached hydrogens (tertiary/aromatic N) is 3. The molecule has 1 aromatic rings. The molecule has 3 rings (SSSR count). The van der Waals surface area contributed by atoms with E-state index in [1.54, 1.807) is 10.9 Å². The van der Waals surface area contributed by atoms with E-state index in [9.17, 15) is 24.6 Å². The number of aliphatic carboxylic acids is 2. The monoisotopic (exact) mass is 307 g/mol. The van der Waals surface area contributed by atoms with Gasteiger partial charge in [0.15, 0.2) is 0 Å². The lowest BCUT2D eigenvalue weighted by Gasteiger charge is -2.20. The number of carbonyl (C=O) groups is 3. The summed E-state index contributed by atoms with van der Waals surface area (Å²) in [6.07, 6.45) is 3.78. The van der Waals surface area contributed by atoms with Crippen molar-refractivity contribution in [2.45, 2.75) is 26.3 Å². The van der Waals surface area contributed by atoms with Crippen molar-refractivity contribution in [3.05, 3.63) is 18.0 Å². The summed E-state index contributed by atoms with van der Waals surface area (Å²) >= 11 is 0. The van der Waals surface area contributed by atoms with Gasteiger partial charge in [-0.3, -0.25) is 19.1 Å². The second kappa shape index (κ2) is 4.56. The molecule has 1 amide bonds. The molecule has 1 saturated carbocycles. The molecule has 1 aliphatic carbocycles. The van der Waals surface area contributed by atoms with Crippen molar-refractivity contribution in [2.24, 2.45) is 10.8 Å². The number of rotatable bonds is 5. The van der Waals surface area contributed by atoms with Crippen LogP contribution in [0, 0.1) is 17.8 Å². The topological polar surface area (TPSA) is 113 Å². The number of carbonyl (C=O) groups excluding carboxylic acids is 1. The first kappa shape index (κ1) is 14.6. The minimum absolute atomic E-state index is 0.0222. The lowest BCUT2D eigenvalue weighted by Crippen LogP contribution is -2.35. The van der Waals surface area contributed by atoms with Crippen LogP contribution in [0.3, 0.4) is 0 Å². The number of aryl methyl sites for hydroxylation is 2. The fourth-order valence-electron chi connectivity index (χ4n) is 3.42. The molecule has 8 nitrogen and oxygen atoms in total. The van der Waals surface area contributed by atoms with E-state index in [1.165, 1.54) is 4.90 Å². The summed E-state index contributed by atoms with van der Waals surface area (Å²) < 4.78 is 1.64. The Morgan fingerprint density at radius 1 is 1.23 bits per heavy atom. The summed E-state index contributed by atoms with van der Waals surface area (Å²) in [4.78, 5) is 36.4. The van der Waals surface area contributed by atoms with E-state index in [-0.39, 0.29) is 31.8 Å². The minimum atomic E-state index is -1.31. The fraction of sp³-hybridized carbons (Fsp3) is 0.571. The summed E-state index contributed by atoms with van der Waals surface area (Å²) in [6, 6.07) is 0. The molecule has 2 N–H and O–H groups in total. The molecule has 22 heavy (non-hydrogen) atoms. The highest BCUT2D eigenvalue weighted by atomic mass is 16.4. The van der Waals surface area contributed by atoms with E-state index in [1.807, 2.05) is 13.1 Å². The van der Waals surface area contributed by atoms with Gasteiger partial charge in [-0.1, -0.05) is 0 Å². The molecule has 2 aliphatic rings. The highest BCUT2D eigenvalue weighted by Crippen LogP contribution is 2.68. The molecule has 0 bridgehead atoms. The predicted molar refractivity (Wildman–Crippen MR) is 72.9 cm³/mol. The van der Waals surface area contributed by atoms with Crippen LogP contribution in [0.5, 0.6) is 0 Å². The van der Waals surface area contributed by atoms with Gasteiger partial charge in [-0.25, -0.2) is 0 Å². The van der Waals surface area contributed by atoms with Crippen LogP contribution in [0.2, 0.25) is 0 Å². The van der Waals surface area contributed by atoms with Crippen LogP contribution >= 0.6 is 0 Å². The molecule has 8 heteroatoms. The molecule has 0 radical (unpaired) electrons. The van der Waals surface area contributed by atoms with Crippen LogP contribution in [-0.2, 0) is 20.9 Å². The van der Waals surface area contributed by atoms with Gasteiger partial charge >= 0.3 is 11.9 Å². The second-order valence-electron chi connectivity index (χ2n) is 6.23. The summed E-state index contributed by atoms with van der Waals surface area (Å²) in [5, 5.41) is 22.7. The lowest BCUT2D eigenvalue weighted by molar-refractivity contribution is -0.151. The Morgan fingerprint density at radius 2 is 1.82 bits per heavy atom. The molecule has 1 aromatic heterocycles.